The minimum atomic E-state index is -3.99. The van der Waals surface area contributed by atoms with Gasteiger partial charge in [-0.25, -0.2) is 13.2 Å². The summed E-state index contributed by atoms with van der Waals surface area (Å²) in [6.45, 7) is 0. The fraction of sp³-hybridized carbons (Fsp3) is 0.500. The Morgan fingerprint density at radius 1 is 1.04 bits per heavy atom. The van der Waals surface area contributed by atoms with Crippen molar-refractivity contribution in [3.05, 3.63) is 29.8 Å². The number of hydrogen-bond acceptors (Lipinski definition) is 4. The predicted octanol–water partition coefficient (Wildman–Crippen LogP) is 1.79. The lowest BCUT2D eigenvalue weighted by atomic mass is 9.85. The topological polar surface area (TPSA) is 112 Å². The number of carbonyl (C=O) groups is 2. The van der Waals surface area contributed by atoms with Crippen molar-refractivity contribution in [2.45, 2.75) is 49.1 Å². The second-order valence-electron chi connectivity index (χ2n) is 6.37. The molecule has 1 aromatic rings. The SMILES string of the molecule is O=C(O)c1ccc(S(=O)(=O)N2[C@@H](C(=O)O)C[C@H]3CCCC[C@@H]32)cc1. The van der Waals surface area contributed by atoms with E-state index in [2.05, 4.69) is 0 Å². The average Bonchev–Trinajstić information content (AvgIpc) is 2.95. The van der Waals surface area contributed by atoms with Crippen LogP contribution in [0.2, 0.25) is 0 Å². The summed E-state index contributed by atoms with van der Waals surface area (Å²) < 4.78 is 27.1. The average molecular weight is 353 g/mol. The van der Waals surface area contributed by atoms with Crippen LogP contribution in [0.3, 0.4) is 0 Å². The molecule has 1 aliphatic carbocycles. The van der Waals surface area contributed by atoms with E-state index >= 15 is 0 Å². The highest BCUT2D eigenvalue weighted by Gasteiger charge is 2.51. The lowest BCUT2D eigenvalue weighted by Crippen LogP contribution is -2.46. The number of sulfonamides is 1. The maximum Gasteiger partial charge on any atom is 0.335 e. The van der Waals surface area contributed by atoms with Gasteiger partial charge in [-0.05, 0) is 49.4 Å². The molecule has 2 fully saturated rings. The summed E-state index contributed by atoms with van der Waals surface area (Å²) >= 11 is 0. The normalized spacial score (nSPS) is 27.6. The zero-order valence-corrected chi connectivity index (χ0v) is 13.8. The Hall–Kier alpha value is -1.93. The molecule has 1 aliphatic heterocycles. The number of fused-ring (bicyclic) bond motifs is 1. The first-order chi connectivity index (χ1) is 11.3. The molecule has 1 saturated heterocycles. The second-order valence-corrected chi connectivity index (χ2v) is 8.21. The summed E-state index contributed by atoms with van der Waals surface area (Å²) in [5.74, 6) is -2.20. The summed E-state index contributed by atoms with van der Waals surface area (Å²) in [5.41, 5.74) is -0.0132. The molecule has 1 heterocycles. The smallest absolute Gasteiger partial charge is 0.335 e. The summed E-state index contributed by atoms with van der Waals surface area (Å²) in [5, 5.41) is 18.4. The maximum absolute atomic E-state index is 13.0. The van der Waals surface area contributed by atoms with Crippen molar-refractivity contribution in [1.29, 1.82) is 0 Å². The second kappa shape index (κ2) is 6.18. The van der Waals surface area contributed by atoms with Crippen LogP contribution in [0.1, 0.15) is 42.5 Å². The largest absolute Gasteiger partial charge is 0.480 e. The molecule has 1 saturated carbocycles. The molecule has 0 bridgehead atoms. The highest BCUT2D eigenvalue weighted by Crippen LogP contribution is 2.42. The van der Waals surface area contributed by atoms with Crippen molar-refractivity contribution in [3.63, 3.8) is 0 Å². The summed E-state index contributed by atoms with van der Waals surface area (Å²) in [7, 11) is -3.99. The molecule has 0 amide bonds. The molecule has 7 nitrogen and oxygen atoms in total. The maximum atomic E-state index is 13.0. The van der Waals surface area contributed by atoms with E-state index in [1.54, 1.807) is 0 Å². The lowest BCUT2D eigenvalue weighted by molar-refractivity contribution is -0.141. The van der Waals surface area contributed by atoms with Crippen LogP contribution in [0.5, 0.6) is 0 Å². The first-order valence-corrected chi connectivity index (χ1v) is 9.36. The Bertz CT molecular complexity index is 757. The number of aromatic carboxylic acids is 1. The molecule has 0 aromatic heterocycles. The summed E-state index contributed by atoms with van der Waals surface area (Å²) in [6.07, 6.45) is 3.73. The monoisotopic (exact) mass is 353 g/mol. The van der Waals surface area contributed by atoms with E-state index in [0.717, 1.165) is 23.6 Å². The molecule has 0 spiro atoms. The van der Waals surface area contributed by atoms with Crippen LogP contribution in [0.15, 0.2) is 29.2 Å². The molecular weight excluding hydrogens is 334 g/mol. The zero-order valence-electron chi connectivity index (χ0n) is 13.0. The fourth-order valence-electron chi connectivity index (χ4n) is 3.87. The van der Waals surface area contributed by atoms with Crippen LogP contribution >= 0.6 is 0 Å². The number of carboxylic acid groups (broad SMARTS) is 2. The molecular formula is C16H19NO6S. The van der Waals surface area contributed by atoms with E-state index in [0.29, 0.717) is 12.8 Å². The van der Waals surface area contributed by atoms with Gasteiger partial charge in [-0.1, -0.05) is 12.8 Å². The van der Waals surface area contributed by atoms with Gasteiger partial charge in [0.1, 0.15) is 6.04 Å². The van der Waals surface area contributed by atoms with E-state index in [-0.39, 0.29) is 22.4 Å². The van der Waals surface area contributed by atoms with E-state index in [4.69, 9.17) is 5.11 Å². The van der Waals surface area contributed by atoms with Gasteiger partial charge in [-0.2, -0.15) is 4.31 Å². The fourth-order valence-corrected chi connectivity index (χ4v) is 5.74. The van der Waals surface area contributed by atoms with Gasteiger partial charge < -0.3 is 10.2 Å². The molecule has 8 heteroatoms. The van der Waals surface area contributed by atoms with Gasteiger partial charge in [0, 0.05) is 6.04 Å². The van der Waals surface area contributed by atoms with Gasteiger partial charge in [-0.3, -0.25) is 4.79 Å². The standard InChI is InChI=1S/C16H19NO6S/c18-15(19)10-5-7-12(8-6-10)24(22,23)17-13-4-2-1-3-11(13)9-14(17)16(20)21/h5-8,11,13-14H,1-4,9H2,(H,18,19)(H,20,21)/t11-,13+,14-/m1/s1. The van der Waals surface area contributed by atoms with Gasteiger partial charge in [-0.15, -0.1) is 0 Å². The minimum absolute atomic E-state index is 0.0132. The molecule has 1 aromatic carbocycles. The molecule has 130 valence electrons. The third-order valence-corrected chi connectivity index (χ3v) is 6.94. The van der Waals surface area contributed by atoms with Crippen molar-refractivity contribution < 1.29 is 28.2 Å². The Kier molecular flexibility index (Phi) is 4.35. The molecule has 2 aliphatic rings. The molecule has 3 atom stereocenters. The zero-order chi connectivity index (χ0) is 17.5. The van der Waals surface area contributed by atoms with Crippen LogP contribution in [0.25, 0.3) is 0 Å². The highest BCUT2D eigenvalue weighted by molar-refractivity contribution is 7.89. The lowest BCUT2D eigenvalue weighted by Gasteiger charge is -2.32. The van der Waals surface area contributed by atoms with Crippen LogP contribution in [-0.4, -0.2) is 47.0 Å². The van der Waals surface area contributed by atoms with Gasteiger partial charge >= 0.3 is 11.9 Å². The van der Waals surface area contributed by atoms with Crippen molar-refractivity contribution in [2.75, 3.05) is 0 Å². The van der Waals surface area contributed by atoms with E-state index in [1.807, 2.05) is 0 Å². The van der Waals surface area contributed by atoms with Gasteiger partial charge in [0.2, 0.25) is 10.0 Å². The number of carboxylic acids is 2. The quantitative estimate of drug-likeness (QED) is 0.853. The molecule has 2 N–H and O–H groups in total. The predicted molar refractivity (Wildman–Crippen MR) is 84.2 cm³/mol. The summed E-state index contributed by atoms with van der Waals surface area (Å²) in [6, 6.07) is 3.56. The third-order valence-electron chi connectivity index (χ3n) is 4.99. The Balaban J connectivity index is 1.99. The van der Waals surface area contributed by atoms with E-state index in [9.17, 15) is 23.1 Å². The van der Waals surface area contributed by atoms with E-state index < -0.39 is 28.0 Å². The summed E-state index contributed by atoms with van der Waals surface area (Å²) in [4.78, 5) is 22.4. The van der Waals surface area contributed by atoms with Crippen LogP contribution in [0, 0.1) is 5.92 Å². The number of aliphatic carboxylic acids is 1. The van der Waals surface area contributed by atoms with Gasteiger partial charge in [0.15, 0.2) is 0 Å². The first-order valence-electron chi connectivity index (χ1n) is 7.92. The Morgan fingerprint density at radius 2 is 1.67 bits per heavy atom. The first kappa shape index (κ1) is 16.9. The third kappa shape index (κ3) is 2.80. The molecule has 24 heavy (non-hydrogen) atoms. The molecule has 3 rings (SSSR count). The Labute approximate surface area is 140 Å². The van der Waals surface area contributed by atoms with Crippen molar-refractivity contribution >= 4 is 22.0 Å². The van der Waals surface area contributed by atoms with Crippen LogP contribution < -0.4 is 0 Å². The number of nitrogens with zero attached hydrogens (tertiary/aromatic N) is 1. The van der Waals surface area contributed by atoms with Crippen molar-refractivity contribution in [1.82, 2.24) is 4.31 Å². The molecule has 0 unspecified atom stereocenters. The number of hydrogen-bond donors (Lipinski definition) is 2. The van der Waals surface area contributed by atoms with Crippen LogP contribution in [0.4, 0.5) is 0 Å². The van der Waals surface area contributed by atoms with Crippen LogP contribution in [-0.2, 0) is 14.8 Å². The number of benzene rings is 1. The van der Waals surface area contributed by atoms with Gasteiger partial charge in [0.05, 0.1) is 10.5 Å². The van der Waals surface area contributed by atoms with Gasteiger partial charge in [0.25, 0.3) is 0 Å². The highest BCUT2D eigenvalue weighted by atomic mass is 32.2. The minimum Gasteiger partial charge on any atom is -0.480 e. The number of rotatable bonds is 4. The van der Waals surface area contributed by atoms with Crippen molar-refractivity contribution in [3.8, 4) is 0 Å². The Morgan fingerprint density at radius 3 is 2.25 bits per heavy atom. The van der Waals surface area contributed by atoms with Crippen molar-refractivity contribution in [2.24, 2.45) is 5.92 Å². The molecule has 0 radical (unpaired) electrons. The van der Waals surface area contributed by atoms with E-state index in [1.165, 1.54) is 24.3 Å².